The van der Waals surface area contributed by atoms with Gasteiger partial charge in [0.1, 0.15) is 11.3 Å². The second-order valence-corrected chi connectivity index (χ2v) is 5.63. The van der Waals surface area contributed by atoms with Crippen molar-refractivity contribution in [2.24, 2.45) is 0 Å². The lowest BCUT2D eigenvalue weighted by molar-refractivity contribution is -0.123. The molecule has 1 aromatic heterocycles. The van der Waals surface area contributed by atoms with E-state index in [1.807, 2.05) is 0 Å². The molecule has 1 heterocycles. The lowest BCUT2D eigenvalue weighted by atomic mass is 9.92. The van der Waals surface area contributed by atoms with E-state index in [1.54, 1.807) is 18.2 Å². The highest BCUT2D eigenvalue weighted by atomic mass is 16.5. The smallest absolute Gasteiger partial charge is 0.343 e. The first-order valence-electron chi connectivity index (χ1n) is 7.87. The molecule has 0 atom stereocenters. The molecular weight excluding hydrogens is 356 g/mol. The first-order valence-corrected chi connectivity index (χ1v) is 7.87. The number of ketones is 2. The Balaban J connectivity index is 2.17. The topological polar surface area (TPSA) is 112 Å². The molecule has 140 valence electrons. The van der Waals surface area contributed by atoms with Crippen LogP contribution < -0.4 is 5.63 Å². The second kappa shape index (κ2) is 6.99. The summed E-state index contributed by atoms with van der Waals surface area (Å²) in [6, 6.07) is 6.42. The summed E-state index contributed by atoms with van der Waals surface area (Å²) in [5, 5.41) is 10.8. The van der Waals surface area contributed by atoms with Crippen molar-refractivity contribution in [2.75, 3.05) is 21.3 Å². The quantitative estimate of drug-likeness (QED) is 0.622. The van der Waals surface area contributed by atoms with Gasteiger partial charge in [-0.05, 0) is 12.1 Å². The number of fused-ring (bicyclic) bond motifs is 1. The van der Waals surface area contributed by atoms with Gasteiger partial charge in [-0.15, -0.1) is 0 Å². The molecule has 0 unspecified atom stereocenters. The van der Waals surface area contributed by atoms with Gasteiger partial charge < -0.3 is 23.7 Å². The number of ether oxygens (including phenoxy) is 3. The number of allylic oxidation sites excluding steroid dienone is 1. The zero-order chi connectivity index (χ0) is 19.7. The van der Waals surface area contributed by atoms with E-state index >= 15 is 0 Å². The minimum atomic E-state index is -0.824. The fraction of sp³-hybridized carbons (Fsp3) is 0.211. The van der Waals surface area contributed by atoms with Crippen LogP contribution in [0.3, 0.4) is 0 Å². The van der Waals surface area contributed by atoms with E-state index in [0.717, 1.165) is 0 Å². The second-order valence-electron chi connectivity index (χ2n) is 5.63. The molecular formula is C19H16O8. The number of aromatic hydroxyl groups is 1. The summed E-state index contributed by atoms with van der Waals surface area (Å²) in [7, 11) is 3.66. The third kappa shape index (κ3) is 2.84. The number of methoxy groups -OCH3 is 3. The van der Waals surface area contributed by atoms with Gasteiger partial charge in [0, 0.05) is 6.42 Å². The lowest BCUT2D eigenvalue weighted by Crippen LogP contribution is -2.28. The van der Waals surface area contributed by atoms with E-state index < -0.39 is 17.2 Å². The molecule has 0 aliphatic heterocycles. The zero-order valence-corrected chi connectivity index (χ0v) is 14.8. The van der Waals surface area contributed by atoms with E-state index in [1.165, 1.54) is 27.4 Å². The van der Waals surface area contributed by atoms with Crippen molar-refractivity contribution < 1.29 is 33.3 Å². The van der Waals surface area contributed by atoms with Crippen LogP contribution in [-0.2, 0) is 30.2 Å². The van der Waals surface area contributed by atoms with Crippen LogP contribution >= 0.6 is 0 Å². The molecule has 8 nitrogen and oxygen atoms in total. The van der Waals surface area contributed by atoms with Gasteiger partial charge in [-0.3, -0.25) is 9.59 Å². The molecule has 2 aromatic rings. The van der Waals surface area contributed by atoms with Crippen LogP contribution in [0.5, 0.6) is 5.75 Å². The van der Waals surface area contributed by atoms with Gasteiger partial charge in [0.25, 0.3) is 5.78 Å². The van der Waals surface area contributed by atoms with Crippen molar-refractivity contribution >= 4 is 22.5 Å². The number of Topliss-reactive ketones (excluding diaryl/α,β-unsaturated/α-hetero) is 2. The van der Waals surface area contributed by atoms with Crippen molar-refractivity contribution in [1.29, 1.82) is 0 Å². The molecule has 1 N–H and O–H groups in total. The van der Waals surface area contributed by atoms with Crippen molar-refractivity contribution in [2.45, 2.75) is 6.42 Å². The van der Waals surface area contributed by atoms with E-state index in [-0.39, 0.29) is 46.2 Å². The molecule has 0 fully saturated rings. The van der Waals surface area contributed by atoms with Crippen molar-refractivity contribution in [1.82, 2.24) is 0 Å². The molecule has 0 saturated carbocycles. The van der Waals surface area contributed by atoms with Gasteiger partial charge in [-0.25, -0.2) is 4.79 Å². The normalized spacial score (nSPS) is 14.8. The van der Waals surface area contributed by atoms with Crippen molar-refractivity contribution in [3.8, 4) is 5.75 Å². The van der Waals surface area contributed by atoms with Gasteiger partial charge in [0.2, 0.25) is 17.3 Å². The van der Waals surface area contributed by atoms with Crippen LogP contribution in [0.15, 0.2) is 56.3 Å². The van der Waals surface area contributed by atoms with Crippen molar-refractivity contribution in [3.63, 3.8) is 0 Å². The maximum absolute atomic E-state index is 12.8. The van der Waals surface area contributed by atoms with E-state index in [2.05, 4.69) is 0 Å². The molecule has 0 spiro atoms. The number of hydrogen-bond acceptors (Lipinski definition) is 8. The van der Waals surface area contributed by atoms with Crippen LogP contribution in [0.2, 0.25) is 0 Å². The Morgan fingerprint density at radius 1 is 0.889 bits per heavy atom. The molecule has 3 rings (SSSR count). The summed E-state index contributed by atoms with van der Waals surface area (Å²) in [6.45, 7) is 0. The summed E-state index contributed by atoms with van der Waals surface area (Å²) in [4.78, 5) is 37.6. The molecule has 0 radical (unpaired) electrons. The van der Waals surface area contributed by atoms with Crippen LogP contribution in [0, 0.1) is 0 Å². The Labute approximate surface area is 153 Å². The molecule has 1 aromatic carbocycles. The fourth-order valence-electron chi connectivity index (χ4n) is 2.94. The predicted molar refractivity (Wildman–Crippen MR) is 92.9 cm³/mol. The molecule has 0 amide bonds. The predicted octanol–water partition coefficient (Wildman–Crippen LogP) is 1.60. The van der Waals surface area contributed by atoms with E-state index in [0.29, 0.717) is 5.39 Å². The molecule has 0 bridgehead atoms. The summed E-state index contributed by atoms with van der Waals surface area (Å²) in [5.41, 5.74) is -0.932. The number of carbonyl (C=O) groups excluding carboxylic acids is 2. The third-order valence-electron chi connectivity index (χ3n) is 4.22. The number of rotatable bonds is 5. The molecule has 8 heteroatoms. The highest BCUT2D eigenvalue weighted by Crippen LogP contribution is 2.32. The Bertz CT molecular complexity index is 1070. The number of para-hydroxylation sites is 1. The lowest BCUT2D eigenvalue weighted by Gasteiger charge is -2.21. The number of hydrogen-bond donors (Lipinski definition) is 1. The van der Waals surface area contributed by atoms with Gasteiger partial charge in [-0.2, -0.15) is 0 Å². The standard InChI is InChI=1S/C19H16O8/c1-24-16-10(14(21)17(25-2)18(26-3)15(16)22)8-11-13(20)9-6-4-5-7-12(9)27-19(11)23/h4-7,20H,8H2,1-3H3. The van der Waals surface area contributed by atoms with Gasteiger partial charge in [0.05, 0.1) is 37.9 Å². The Morgan fingerprint density at radius 3 is 2.11 bits per heavy atom. The summed E-state index contributed by atoms with van der Waals surface area (Å²) in [6.07, 6.45) is -0.378. The SMILES string of the molecule is COC1=C(Cc2c(O)c3ccccc3oc2=O)C(=O)C(OC)=C(OC)C1=O. The average molecular weight is 372 g/mol. The molecule has 27 heavy (non-hydrogen) atoms. The van der Waals surface area contributed by atoms with Crippen LogP contribution in [0.25, 0.3) is 11.0 Å². The summed E-state index contributed by atoms with van der Waals surface area (Å²) >= 11 is 0. The Hall–Kier alpha value is -3.55. The maximum atomic E-state index is 12.8. The molecule has 1 aliphatic carbocycles. The van der Waals surface area contributed by atoms with Crippen molar-refractivity contribution in [3.05, 3.63) is 63.1 Å². The van der Waals surface area contributed by atoms with Crippen LogP contribution in [-0.4, -0.2) is 38.0 Å². The highest BCUT2D eigenvalue weighted by Gasteiger charge is 2.38. The Kier molecular flexibility index (Phi) is 4.72. The van der Waals surface area contributed by atoms with Crippen LogP contribution in [0.1, 0.15) is 5.56 Å². The first-order chi connectivity index (χ1) is 12.9. The highest BCUT2D eigenvalue weighted by molar-refractivity contribution is 6.23. The molecule has 0 saturated heterocycles. The number of benzene rings is 1. The van der Waals surface area contributed by atoms with Gasteiger partial charge in [-0.1, -0.05) is 12.1 Å². The molecule has 1 aliphatic rings. The monoisotopic (exact) mass is 372 g/mol. The summed E-state index contributed by atoms with van der Waals surface area (Å²) < 4.78 is 20.2. The minimum absolute atomic E-state index is 0.141. The first kappa shape index (κ1) is 18.2. The zero-order valence-electron chi connectivity index (χ0n) is 14.8. The minimum Gasteiger partial charge on any atom is -0.507 e. The maximum Gasteiger partial charge on any atom is 0.343 e. The Morgan fingerprint density at radius 2 is 1.48 bits per heavy atom. The van der Waals surface area contributed by atoms with E-state index in [4.69, 9.17) is 18.6 Å². The van der Waals surface area contributed by atoms with Gasteiger partial charge >= 0.3 is 5.63 Å². The average Bonchev–Trinajstić information content (AvgIpc) is 2.66. The van der Waals surface area contributed by atoms with Gasteiger partial charge in [0.15, 0.2) is 5.76 Å². The summed E-state index contributed by atoms with van der Waals surface area (Å²) in [5.74, 6) is -2.59. The van der Waals surface area contributed by atoms with E-state index in [9.17, 15) is 19.5 Å². The largest absolute Gasteiger partial charge is 0.507 e. The number of carbonyl (C=O) groups is 2. The third-order valence-corrected chi connectivity index (χ3v) is 4.22. The van der Waals surface area contributed by atoms with Crippen LogP contribution in [0.4, 0.5) is 0 Å². The fourth-order valence-corrected chi connectivity index (χ4v) is 2.94.